The van der Waals surface area contributed by atoms with Crippen molar-refractivity contribution in [2.24, 2.45) is 0 Å². The van der Waals surface area contributed by atoms with Crippen molar-refractivity contribution in [3.05, 3.63) is 58.6 Å². The number of halogens is 1. The van der Waals surface area contributed by atoms with Gasteiger partial charge in [-0.15, -0.1) is 0 Å². The molecule has 0 aliphatic rings. The third kappa shape index (κ3) is 4.90. The molecular weight excluding hydrogens is 330 g/mol. The molecule has 2 aromatic rings. The topological polar surface area (TPSA) is 38.3 Å². The maximum Gasteiger partial charge on any atom is 0.255 e. The van der Waals surface area contributed by atoms with Crippen LogP contribution in [0.1, 0.15) is 30.1 Å². The molecule has 0 atom stereocenters. The molecule has 0 spiro atoms. The first-order valence-electron chi connectivity index (χ1n) is 6.99. The molecule has 0 saturated carbocycles. The van der Waals surface area contributed by atoms with E-state index < -0.39 is 0 Å². The molecule has 0 aliphatic carbocycles. The van der Waals surface area contributed by atoms with Gasteiger partial charge in [0.05, 0.1) is 6.61 Å². The Kier molecular flexibility index (Phi) is 5.81. The molecular formula is C17H18BrNO2. The number of carbonyl (C=O) groups excluding carboxylic acids is 1. The van der Waals surface area contributed by atoms with Crippen LogP contribution in [-0.4, -0.2) is 12.5 Å². The number of nitrogens with one attached hydrogen (secondary N) is 1. The summed E-state index contributed by atoms with van der Waals surface area (Å²) in [5.41, 5.74) is 1.38. The van der Waals surface area contributed by atoms with Crippen molar-refractivity contribution in [1.82, 2.24) is 0 Å². The minimum Gasteiger partial charge on any atom is -0.494 e. The molecule has 0 aliphatic heterocycles. The molecule has 21 heavy (non-hydrogen) atoms. The van der Waals surface area contributed by atoms with Crippen molar-refractivity contribution < 1.29 is 9.53 Å². The fourth-order valence-electron chi connectivity index (χ4n) is 1.77. The van der Waals surface area contributed by atoms with Gasteiger partial charge < -0.3 is 10.1 Å². The molecule has 0 aromatic heterocycles. The van der Waals surface area contributed by atoms with Crippen LogP contribution < -0.4 is 10.1 Å². The summed E-state index contributed by atoms with van der Waals surface area (Å²) in [7, 11) is 0. The number of amides is 1. The van der Waals surface area contributed by atoms with E-state index >= 15 is 0 Å². The second kappa shape index (κ2) is 7.84. The lowest BCUT2D eigenvalue weighted by Crippen LogP contribution is -2.11. The van der Waals surface area contributed by atoms with E-state index in [1.165, 1.54) is 0 Å². The van der Waals surface area contributed by atoms with Crippen LogP contribution in [-0.2, 0) is 0 Å². The molecule has 3 nitrogen and oxygen atoms in total. The van der Waals surface area contributed by atoms with Gasteiger partial charge in [-0.25, -0.2) is 0 Å². The number of unbranched alkanes of at least 4 members (excludes halogenated alkanes) is 1. The normalized spacial score (nSPS) is 10.2. The van der Waals surface area contributed by atoms with Gasteiger partial charge in [0, 0.05) is 15.7 Å². The van der Waals surface area contributed by atoms with Crippen LogP contribution in [0.4, 0.5) is 5.69 Å². The van der Waals surface area contributed by atoms with Gasteiger partial charge in [-0.2, -0.15) is 0 Å². The lowest BCUT2D eigenvalue weighted by atomic mass is 10.2. The predicted octanol–water partition coefficient (Wildman–Crippen LogP) is 4.88. The average molecular weight is 348 g/mol. The molecule has 1 N–H and O–H groups in total. The van der Waals surface area contributed by atoms with E-state index in [0.717, 1.165) is 35.4 Å². The standard InChI is InChI=1S/C17H18BrNO2/c1-2-3-12-21-16-10-8-15(9-11-16)19-17(20)13-4-6-14(18)7-5-13/h4-11H,2-3,12H2,1H3,(H,19,20). The number of anilines is 1. The van der Waals surface area contributed by atoms with Gasteiger partial charge in [0.2, 0.25) is 0 Å². The zero-order valence-electron chi connectivity index (χ0n) is 11.9. The van der Waals surface area contributed by atoms with Crippen LogP contribution in [0.3, 0.4) is 0 Å². The van der Waals surface area contributed by atoms with Crippen molar-refractivity contribution in [3.8, 4) is 5.75 Å². The second-order valence-corrected chi connectivity index (χ2v) is 5.60. The van der Waals surface area contributed by atoms with Crippen LogP contribution in [0.15, 0.2) is 53.0 Å². The Balaban J connectivity index is 1.93. The number of hydrogen-bond donors (Lipinski definition) is 1. The molecule has 1 amide bonds. The third-order valence-electron chi connectivity index (χ3n) is 2.99. The zero-order valence-corrected chi connectivity index (χ0v) is 13.5. The number of rotatable bonds is 6. The van der Waals surface area contributed by atoms with Crippen molar-refractivity contribution in [3.63, 3.8) is 0 Å². The lowest BCUT2D eigenvalue weighted by molar-refractivity contribution is 0.102. The summed E-state index contributed by atoms with van der Waals surface area (Å²) in [6.45, 7) is 2.85. The monoisotopic (exact) mass is 347 g/mol. The second-order valence-electron chi connectivity index (χ2n) is 4.69. The van der Waals surface area contributed by atoms with E-state index in [0.29, 0.717) is 5.56 Å². The van der Waals surface area contributed by atoms with Crippen LogP contribution in [0.25, 0.3) is 0 Å². The summed E-state index contributed by atoms with van der Waals surface area (Å²) < 4.78 is 6.54. The SMILES string of the molecule is CCCCOc1ccc(NC(=O)c2ccc(Br)cc2)cc1. The van der Waals surface area contributed by atoms with E-state index in [1.54, 1.807) is 12.1 Å². The van der Waals surface area contributed by atoms with E-state index in [9.17, 15) is 4.79 Å². The summed E-state index contributed by atoms with van der Waals surface area (Å²) in [4.78, 5) is 12.1. The van der Waals surface area contributed by atoms with Crippen LogP contribution in [0.5, 0.6) is 5.75 Å². The third-order valence-corrected chi connectivity index (χ3v) is 3.51. The minimum absolute atomic E-state index is 0.123. The largest absolute Gasteiger partial charge is 0.494 e. The summed E-state index contributed by atoms with van der Waals surface area (Å²) >= 11 is 3.35. The first kappa shape index (κ1) is 15.6. The first-order valence-corrected chi connectivity index (χ1v) is 7.78. The molecule has 2 aromatic carbocycles. The number of benzene rings is 2. The van der Waals surface area contributed by atoms with Gasteiger partial charge in [-0.3, -0.25) is 4.79 Å². The number of ether oxygens (including phenoxy) is 1. The Hall–Kier alpha value is -1.81. The molecule has 0 radical (unpaired) electrons. The molecule has 0 bridgehead atoms. The van der Waals surface area contributed by atoms with E-state index in [2.05, 4.69) is 28.2 Å². The molecule has 0 heterocycles. The Morgan fingerprint density at radius 3 is 2.38 bits per heavy atom. The predicted molar refractivity (Wildman–Crippen MR) is 88.9 cm³/mol. The van der Waals surface area contributed by atoms with Crippen molar-refractivity contribution >= 4 is 27.5 Å². The summed E-state index contributed by atoms with van der Waals surface area (Å²) in [6.07, 6.45) is 2.16. The van der Waals surface area contributed by atoms with E-state index in [4.69, 9.17) is 4.74 Å². The summed E-state index contributed by atoms with van der Waals surface area (Å²) in [5.74, 6) is 0.701. The quantitative estimate of drug-likeness (QED) is 0.756. The Labute approximate surface area is 133 Å². The fourth-order valence-corrected chi connectivity index (χ4v) is 2.04. The highest BCUT2D eigenvalue weighted by atomic mass is 79.9. The molecule has 0 unspecified atom stereocenters. The highest BCUT2D eigenvalue weighted by Gasteiger charge is 2.05. The fraction of sp³-hybridized carbons (Fsp3) is 0.235. The number of hydrogen-bond acceptors (Lipinski definition) is 2. The van der Waals surface area contributed by atoms with Gasteiger partial charge in [0.15, 0.2) is 0 Å². The Morgan fingerprint density at radius 2 is 1.76 bits per heavy atom. The molecule has 110 valence electrons. The smallest absolute Gasteiger partial charge is 0.255 e. The van der Waals surface area contributed by atoms with Crippen LogP contribution >= 0.6 is 15.9 Å². The lowest BCUT2D eigenvalue weighted by Gasteiger charge is -2.08. The van der Waals surface area contributed by atoms with Crippen LogP contribution in [0, 0.1) is 0 Å². The average Bonchev–Trinajstić information content (AvgIpc) is 2.50. The highest BCUT2D eigenvalue weighted by Crippen LogP contribution is 2.17. The summed E-state index contributed by atoms with van der Waals surface area (Å²) in [6, 6.07) is 14.7. The molecule has 2 rings (SSSR count). The van der Waals surface area contributed by atoms with Gasteiger partial charge >= 0.3 is 0 Å². The van der Waals surface area contributed by atoms with Gasteiger partial charge in [0.25, 0.3) is 5.91 Å². The Morgan fingerprint density at radius 1 is 1.10 bits per heavy atom. The van der Waals surface area contributed by atoms with Crippen molar-refractivity contribution in [1.29, 1.82) is 0 Å². The molecule has 0 fully saturated rings. The van der Waals surface area contributed by atoms with Gasteiger partial charge in [0.1, 0.15) is 5.75 Å². The van der Waals surface area contributed by atoms with Crippen LogP contribution in [0.2, 0.25) is 0 Å². The minimum atomic E-state index is -0.123. The summed E-state index contributed by atoms with van der Waals surface area (Å²) in [5, 5.41) is 2.86. The zero-order chi connectivity index (χ0) is 15.1. The number of carbonyl (C=O) groups is 1. The van der Waals surface area contributed by atoms with E-state index in [-0.39, 0.29) is 5.91 Å². The maximum atomic E-state index is 12.1. The van der Waals surface area contributed by atoms with Gasteiger partial charge in [-0.1, -0.05) is 29.3 Å². The van der Waals surface area contributed by atoms with Crippen molar-refractivity contribution in [2.75, 3.05) is 11.9 Å². The Bertz CT molecular complexity index is 579. The maximum absolute atomic E-state index is 12.1. The first-order chi connectivity index (χ1) is 10.2. The van der Waals surface area contributed by atoms with Crippen molar-refractivity contribution in [2.45, 2.75) is 19.8 Å². The van der Waals surface area contributed by atoms with E-state index in [1.807, 2.05) is 36.4 Å². The highest BCUT2D eigenvalue weighted by molar-refractivity contribution is 9.10. The molecule has 4 heteroatoms. The molecule has 0 saturated heterocycles. The van der Waals surface area contributed by atoms with Gasteiger partial charge in [-0.05, 0) is 55.0 Å².